The number of aromatic nitrogens is 1. The largest absolute Gasteiger partial charge is 0.372 e. The predicted octanol–water partition coefficient (Wildman–Crippen LogP) is 5.36. The van der Waals surface area contributed by atoms with Crippen LogP contribution >= 0.6 is 0 Å². The Morgan fingerprint density at radius 2 is 1.79 bits per heavy atom. The average Bonchev–Trinajstić information content (AvgIpc) is 3.49. The fourth-order valence-corrected chi connectivity index (χ4v) is 4.54. The Balaban J connectivity index is 1.30. The van der Waals surface area contributed by atoms with Crippen molar-refractivity contribution in [3.05, 3.63) is 101 Å². The second kappa shape index (κ2) is 9.33. The molecule has 1 saturated heterocycles. The molecule has 2 heterocycles. The van der Waals surface area contributed by atoms with Crippen molar-refractivity contribution in [1.29, 1.82) is 0 Å². The van der Waals surface area contributed by atoms with Crippen LogP contribution in [0, 0.1) is 6.92 Å². The van der Waals surface area contributed by atoms with Crippen LogP contribution in [0.15, 0.2) is 84.1 Å². The monoisotopic (exact) mass is 436 g/mol. The maximum absolute atomic E-state index is 12.6. The number of rotatable bonds is 6. The first kappa shape index (κ1) is 21.0. The molecule has 5 nitrogen and oxygen atoms in total. The number of para-hydroxylation sites is 1. The van der Waals surface area contributed by atoms with E-state index in [2.05, 4.69) is 69.5 Å². The summed E-state index contributed by atoms with van der Waals surface area (Å²) in [5, 5.41) is 5.36. The van der Waals surface area contributed by atoms with Crippen LogP contribution in [-0.2, 0) is 6.54 Å². The van der Waals surface area contributed by atoms with Crippen molar-refractivity contribution in [2.24, 2.45) is 5.10 Å². The van der Waals surface area contributed by atoms with E-state index in [1.165, 1.54) is 29.7 Å². The number of fused-ring (bicyclic) bond motifs is 1. The van der Waals surface area contributed by atoms with Gasteiger partial charge in [-0.05, 0) is 55.7 Å². The van der Waals surface area contributed by atoms with E-state index in [4.69, 9.17) is 0 Å². The minimum absolute atomic E-state index is 0.206. The molecule has 0 spiro atoms. The van der Waals surface area contributed by atoms with E-state index < -0.39 is 0 Å². The number of nitrogens with one attached hydrogen (secondary N) is 1. The van der Waals surface area contributed by atoms with Crippen molar-refractivity contribution >= 4 is 28.7 Å². The Morgan fingerprint density at radius 1 is 1.00 bits per heavy atom. The third-order valence-corrected chi connectivity index (χ3v) is 6.23. The molecule has 1 aliphatic rings. The highest BCUT2D eigenvalue weighted by atomic mass is 16.2. The van der Waals surface area contributed by atoms with Gasteiger partial charge in [-0.25, -0.2) is 5.43 Å². The Bertz CT molecular complexity index is 1300. The van der Waals surface area contributed by atoms with Crippen molar-refractivity contribution in [1.82, 2.24) is 9.99 Å². The lowest BCUT2D eigenvalue weighted by Gasteiger charge is -2.17. The van der Waals surface area contributed by atoms with E-state index in [-0.39, 0.29) is 5.91 Å². The number of hydrazone groups is 1. The highest BCUT2D eigenvalue weighted by Gasteiger charge is 2.13. The second-order valence-corrected chi connectivity index (χ2v) is 8.66. The fourth-order valence-electron chi connectivity index (χ4n) is 4.54. The molecule has 4 aromatic rings. The highest BCUT2D eigenvalue weighted by Crippen LogP contribution is 2.22. The van der Waals surface area contributed by atoms with Crippen molar-refractivity contribution in [2.75, 3.05) is 18.0 Å². The van der Waals surface area contributed by atoms with Crippen LogP contribution in [0.1, 0.15) is 39.9 Å². The van der Waals surface area contributed by atoms with Gasteiger partial charge in [-0.2, -0.15) is 5.10 Å². The molecule has 166 valence electrons. The van der Waals surface area contributed by atoms with Crippen LogP contribution in [-0.4, -0.2) is 29.8 Å². The molecule has 0 unspecified atom stereocenters. The van der Waals surface area contributed by atoms with Crippen LogP contribution in [0.2, 0.25) is 0 Å². The number of carbonyl (C=O) groups is 1. The lowest BCUT2D eigenvalue weighted by Crippen LogP contribution is -2.19. The zero-order valence-electron chi connectivity index (χ0n) is 18.9. The minimum atomic E-state index is -0.206. The Morgan fingerprint density at radius 3 is 2.58 bits per heavy atom. The summed E-state index contributed by atoms with van der Waals surface area (Å²) in [6, 6.07) is 24.6. The molecular formula is C28H28N4O. The summed E-state index contributed by atoms with van der Waals surface area (Å²) >= 11 is 0. The van der Waals surface area contributed by atoms with Gasteiger partial charge < -0.3 is 9.47 Å². The van der Waals surface area contributed by atoms with Gasteiger partial charge in [-0.15, -0.1) is 0 Å². The van der Waals surface area contributed by atoms with Crippen LogP contribution in [0.3, 0.4) is 0 Å². The molecule has 1 N–H and O–H groups in total. The molecule has 0 radical (unpaired) electrons. The predicted molar refractivity (Wildman–Crippen MR) is 135 cm³/mol. The van der Waals surface area contributed by atoms with Crippen LogP contribution < -0.4 is 10.3 Å². The highest BCUT2D eigenvalue weighted by molar-refractivity contribution is 6.00. The van der Waals surface area contributed by atoms with Crippen LogP contribution in [0.5, 0.6) is 0 Å². The first-order valence-corrected chi connectivity index (χ1v) is 11.5. The third kappa shape index (κ3) is 4.67. The molecule has 0 saturated carbocycles. The molecule has 3 aromatic carbocycles. The van der Waals surface area contributed by atoms with Gasteiger partial charge in [0.1, 0.15) is 0 Å². The Labute approximate surface area is 194 Å². The van der Waals surface area contributed by atoms with Crippen molar-refractivity contribution < 1.29 is 4.79 Å². The van der Waals surface area contributed by atoms with Crippen LogP contribution in [0.4, 0.5) is 5.69 Å². The van der Waals surface area contributed by atoms with E-state index in [0.29, 0.717) is 5.56 Å². The summed E-state index contributed by atoms with van der Waals surface area (Å²) < 4.78 is 2.23. The summed E-state index contributed by atoms with van der Waals surface area (Å²) in [6.07, 6.45) is 6.29. The summed E-state index contributed by atoms with van der Waals surface area (Å²) in [5.41, 5.74) is 9.08. The number of nitrogens with zero attached hydrogens (tertiary/aromatic N) is 3. The van der Waals surface area contributed by atoms with Gasteiger partial charge in [-0.3, -0.25) is 4.79 Å². The normalized spacial score (nSPS) is 13.8. The van der Waals surface area contributed by atoms with Crippen molar-refractivity contribution in [3.63, 3.8) is 0 Å². The van der Waals surface area contributed by atoms with Gasteiger partial charge in [0.2, 0.25) is 0 Å². The Kier molecular flexibility index (Phi) is 5.94. The van der Waals surface area contributed by atoms with E-state index in [9.17, 15) is 4.79 Å². The molecule has 1 fully saturated rings. The standard InChI is InChI=1S/C28H28N4O/c1-21-7-6-8-22(17-21)19-32-20-24(26-9-2-3-10-27(26)32)18-29-30-28(33)23-11-13-25(14-12-23)31-15-4-5-16-31/h2-3,6-14,17-18,20H,4-5,15-16,19H2,1H3,(H,30,33)/b29-18-. The number of hydrogen-bond acceptors (Lipinski definition) is 3. The third-order valence-electron chi connectivity index (χ3n) is 6.23. The van der Waals surface area contributed by atoms with Crippen molar-refractivity contribution in [2.45, 2.75) is 26.3 Å². The number of anilines is 1. The smallest absolute Gasteiger partial charge is 0.271 e. The van der Waals surface area contributed by atoms with Gasteiger partial charge in [0.05, 0.1) is 6.21 Å². The van der Waals surface area contributed by atoms with Crippen molar-refractivity contribution in [3.8, 4) is 0 Å². The molecule has 0 bridgehead atoms. The lowest BCUT2D eigenvalue weighted by molar-refractivity contribution is 0.0955. The molecule has 33 heavy (non-hydrogen) atoms. The number of aryl methyl sites for hydroxylation is 1. The fraction of sp³-hybridized carbons (Fsp3) is 0.214. The van der Waals surface area contributed by atoms with Gasteiger partial charge >= 0.3 is 0 Å². The summed E-state index contributed by atoms with van der Waals surface area (Å²) in [6.45, 7) is 5.07. The topological polar surface area (TPSA) is 49.6 Å². The first-order chi connectivity index (χ1) is 16.2. The Hall–Kier alpha value is -3.86. The van der Waals surface area contributed by atoms with E-state index >= 15 is 0 Å². The number of carbonyl (C=O) groups excluding carboxylic acids is 1. The van der Waals surface area contributed by atoms with Gasteiger partial charge in [0, 0.05) is 53.5 Å². The summed E-state index contributed by atoms with van der Waals surface area (Å²) in [7, 11) is 0. The maximum Gasteiger partial charge on any atom is 0.271 e. The van der Waals surface area contributed by atoms with E-state index in [0.717, 1.165) is 36.1 Å². The zero-order chi connectivity index (χ0) is 22.6. The molecule has 0 aliphatic carbocycles. The molecule has 1 aliphatic heterocycles. The van der Waals surface area contributed by atoms with E-state index in [1.807, 2.05) is 36.4 Å². The molecule has 5 heteroatoms. The number of amides is 1. The number of benzene rings is 3. The number of hydrogen-bond donors (Lipinski definition) is 1. The molecule has 5 rings (SSSR count). The second-order valence-electron chi connectivity index (χ2n) is 8.66. The zero-order valence-corrected chi connectivity index (χ0v) is 18.9. The minimum Gasteiger partial charge on any atom is -0.372 e. The molecular weight excluding hydrogens is 408 g/mol. The molecule has 1 amide bonds. The first-order valence-electron chi connectivity index (χ1n) is 11.5. The molecule has 0 atom stereocenters. The van der Waals surface area contributed by atoms with Gasteiger partial charge in [0.15, 0.2) is 0 Å². The summed E-state index contributed by atoms with van der Waals surface area (Å²) in [4.78, 5) is 14.9. The summed E-state index contributed by atoms with van der Waals surface area (Å²) in [5.74, 6) is -0.206. The lowest BCUT2D eigenvalue weighted by atomic mass is 10.1. The van der Waals surface area contributed by atoms with Crippen LogP contribution in [0.25, 0.3) is 10.9 Å². The molecule has 1 aromatic heterocycles. The SMILES string of the molecule is Cc1cccc(Cn2cc(/C=N\NC(=O)c3ccc(N4CCCC4)cc3)c3ccccc32)c1. The average molecular weight is 437 g/mol. The van der Waals surface area contributed by atoms with Gasteiger partial charge in [-0.1, -0.05) is 48.0 Å². The quantitative estimate of drug-likeness (QED) is 0.327. The van der Waals surface area contributed by atoms with Gasteiger partial charge in [0.25, 0.3) is 5.91 Å². The van der Waals surface area contributed by atoms with E-state index in [1.54, 1.807) is 6.21 Å². The maximum atomic E-state index is 12.6.